The van der Waals surface area contributed by atoms with Crippen molar-refractivity contribution in [3.05, 3.63) is 29.0 Å². The zero-order valence-electron chi connectivity index (χ0n) is 9.17. The van der Waals surface area contributed by atoms with Crippen molar-refractivity contribution >= 4 is 29.1 Å². The average Bonchev–Trinajstić information content (AvgIpc) is 2.26. The molecule has 2 unspecified atom stereocenters. The van der Waals surface area contributed by atoms with Crippen LogP contribution < -0.4 is 5.32 Å². The van der Waals surface area contributed by atoms with E-state index in [2.05, 4.69) is 12.2 Å². The van der Waals surface area contributed by atoms with E-state index < -0.39 is 0 Å². The van der Waals surface area contributed by atoms with Crippen molar-refractivity contribution in [3.8, 4) is 0 Å². The first kappa shape index (κ1) is 12.1. The molecule has 1 saturated heterocycles. The fourth-order valence-corrected chi connectivity index (χ4v) is 3.29. The van der Waals surface area contributed by atoms with Crippen molar-refractivity contribution in [2.24, 2.45) is 0 Å². The summed E-state index contributed by atoms with van der Waals surface area (Å²) >= 11 is 7.92. The maximum Gasteiger partial charge on any atom is 0.147 e. The normalized spacial score (nSPS) is 25.4. The van der Waals surface area contributed by atoms with E-state index in [1.807, 2.05) is 11.8 Å². The van der Waals surface area contributed by atoms with Crippen LogP contribution in [0.5, 0.6) is 0 Å². The Labute approximate surface area is 105 Å². The molecule has 0 spiro atoms. The number of rotatable bonds is 2. The molecule has 1 nitrogen and oxygen atoms in total. The third-order valence-corrected chi connectivity index (χ3v) is 4.59. The Bertz CT molecular complexity index is 352. The summed E-state index contributed by atoms with van der Waals surface area (Å²) in [5.74, 6) is 0.930. The van der Waals surface area contributed by atoms with Crippen LogP contribution in [0.25, 0.3) is 0 Å². The maximum absolute atomic E-state index is 13.6. The van der Waals surface area contributed by atoms with Crippen molar-refractivity contribution in [1.29, 1.82) is 0 Å². The standard InChI is InChI=1S/C12H15ClFNS/c1-8-11(6-3-7-16-8)15-12-9(13)4-2-5-10(12)14/h2,4-5,8,11,15H,3,6-7H2,1H3. The zero-order chi connectivity index (χ0) is 11.5. The van der Waals surface area contributed by atoms with E-state index in [4.69, 9.17) is 11.6 Å². The molecule has 0 aromatic heterocycles. The highest BCUT2D eigenvalue weighted by Crippen LogP contribution is 2.31. The van der Waals surface area contributed by atoms with Crippen LogP contribution in [-0.4, -0.2) is 17.0 Å². The molecule has 1 aromatic rings. The summed E-state index contributed by atoms with van der Waals surface area (Å²) in [4.78, 5) is 0. The van der Waals surface area contributed by atoms with Crippen LogP contribution in [0.15, 0.2) is 18.2 Å². The Morgan fingerprint density at radius 2 is 2.31 bits per heavy atom. The van der Waals surface area contributed by atoms with Crippen LogP contribution in [-0.2, 0) is 0 Å². The van der Waals surface area contributed by atoms with E-state index in [0.717, 1.165) is 6.42 Å². The summed E-state index contributed by atoms with van der Waals surface area (Å²) < 4.78 is 13.6. The Balaban J connectivity index is 2.13. The quantitative estimate of drug-likeness (QED) is 0.855. The molecule has 1 aromatic carbocycles. The highest BCUT2D eigenvalue weighted by molar-refractivity contribution is 8.00. The average molecular weight is 260 g/mol. The molecule has 1 heterocycles. The van der Waals surface area contributed by atoms with E-state index in [0.29, 0.717) is 22.0 Å². The van der Waals surface area contributed by atoms with Crippen molar-refractivity contribution in [1.82, 2.24) is 0 Å². The van der Waals surface area contributed by atoms with Gasteiger partial charge in [0.1, 0.15) is 5.82 Å². The number of hydrogen-bond donors (Lipinski definition) is 1. The second-order valence-electron chi connectivity index (χ2n) is 4.07. The first-order valence-electron chi connectivity index (χ1n) is 5.50. The molecule has 0 amide bonds. The lowest BCUT2D eigenvalue weighted by atomic mass is 10.1. The number of anilines is 1. The van der Waals surface area contributed by atoms with Gasteiger partial charge in [0.05, 0.1) is 10.7 Å². The minimum atomic E-state index is -0.268. The predicted molar refractivity (Wildman–Crippen MR) is 70.0 cm³/mol. The van der Waals surface area contributed by atoms with Crippen LogP contribution in [0.2, 0.25) is 5.02 Å². The summed E-state index contributed by atoms with van der Waals surface area (Å²) in [6, 6.07) is 5.10. The fraction of sp³-hybridized carbons (Fsp3) is 0.500. The molecule has 1 fully saturated rings. The van der Waals surface area contributed by atoms with Crippen molar-refractivity contribution in [2.75, 3.05) is 11.1 Å². The van der Waals surface area contributed by atoms with E-state index in [1.54, 1.807) is 12.1 Å². The Morgan fingerprint density at radius 1 is 1.50 bits per heavy atom. The summed E-state index contributed by atoms with van der Waals surface area (Å²) in [5.41, 5.74) is 0.448. The number of benzene rings is 1. The highest BCUT2D eigenvalue weighted by Gasteiger charge is 2.23. The number of hydrogen-bond acceptors (Lipinski definition) is 2. The Morgan fingerprint density at radius 3 is 3.00 bits per heavy atom. The van der Waals surface area contributed by atoms with Crippen molar-refractivity contribution in [2.45, 2.75) is 31.1 Å². The summed E-state index contributed by atoms with van der Waals surface area (Å²) in [6.07, 6.45) is 2.26. The molecule has 1 aliphatic heterocycles. The first-order chi connectivity index (χ1) is 7.68. The molecule has 88 valence electrons. The fourth-order valence-electron chi connectivity index (χ4n) is 1.93. The van der Waals surface area contributed by atoms with Gasteiger partial charge in [-0.2, -0.15) is 11.8 Å². The van der Waals surface area contributed by atoms with Crippen LogP contribution >= 0.6 is 23.4 Å². The molecule has 1 aliphatic rings. The maximum atomic E-state index is 13.6. The van der Waals surface area contributed by atoms with Gasteiger partial charge in [0, 0.05) is 11.3 Å². The van der Waals surface area contributed by atoms with Gasteiger partial charge in [0.25, 0.3) is 0 Å². The molecule has 2 atom stereocenters. The van der Waals surface area contributed by atoms with Crippen LogP contribution in [0.4, 0.5) is 10.1 Å². The van der Waals surface area contributed by atoms with E-state index in [1.165, 1.54) is 18.2 Å². The van der Waals surface area contributed by atoms with Crippen LogP contribution in [0, 0.1) is 5.82 Å². The Hall–Kier alpha value is -0.410. The van der Waals surface area contributed by atoms with E-state index >= 15 is 0 Å². The lowest BCUT2D eigenvalue weighted by Gasteiger charge is -2.30. The smallest absolute Gasteiger partial charge is 0.147 e. The minimum absolute atomic E-state index is 0.268. The van der Waals surface area contributed by atoms with Gasteiger partial charge >= 0.3 is 0 Å². The third-order valence-electron chi connectivity index (χ3n) is 2.90. The molecule has 0 bridgehead atoms. The molecule has 1 N–H and O–H groups in total. The van der Waals surface area contributed by atoms with Gasteiger partial charge in [-0.15, -0.1) is 0 Å². The number of nitrogens with one attached hydrogen (secondary N) is 1. The van der Waals surface area contributed by atoms with Crippen molar-refractivity contribution < 1.29 is 4.39 Å². The molecule has 4 heteroatoms. The largest absolute Gasteiger partial charge is 0.378 e. The summed E-state index contributed by atoms with van der Waals surface area (Å²) in [6.45, 7) is 2.18. The Kier molecular flexibility index (Phi) is 3.98. The molecular weight excluding hydrogens is 245 g/mol. The van der Waals surface area contributed by atoms with Gasteiger partial charge in [0.15, 0.2) is 0 Å². The second-order valence-corrected chi connectivity index (χ2v) is 5.96. The van der Waals surface area contributed by atoms with Gasteiger partial charge < -0.3 is 5.32 Å². The molecule has 16 heavy (non-hydrogen) atoms. The van der Waals surface area contributed by atoms with Gasteiger partial charge in [-0.25, -0.2) is 4.39 Å². The van der Waals surface area contributed by atoms with E-state index in [9.17, 15) is 4.39 Å². The van der Waals surface area contributed by atoms with Crippen molar-refractivity contribution in [3.63, 3.8) is 0 Å². The van der Waals surface area contributed by atoms with Gasteiger partial charge in [-0.1, -0.05) is 24.6 Å². The van der Waals surface area contributed by atoms with Gasteiger partial charge in [0.2, 0.25) is 0 Å². The summed E-state index contributed by atoms with van der Waals surface area (Å²) in [5, 5.41) is 4.20. The lowest BCUT2D eigenvalue weighted by molar-refractivity contribution is 0.596. The number of thioether (sulfide) groups is 1. The minimum Gasteiger partial charge on any atom is -0.378 e. The SMILES string of the molecule is CC1SCCCC1Nc1c(F)cccc1Cl. The van der Waals surface area contributed by atoms with Gasteiger partial charge in [-0.3, -0.25) is 0 Å². The molecular formula is C12H15ClFNS. The second kappa shape index (κ2) is 5.28. The molecule has 0 aliphatic carbocycles. The first-order valence-corrected chi connectivity index (χ1v) is 6.93. The molecule has 2 rings (SSSR count). The number of halogens is 2. The zero-order valence-corrected chi connectivity index (χ0v) is 10.7. The van der Waals surface area contributed by atoms with E-state index in [-0.39, 0.29) is 5.82 Å². The number of para-hydroxylation sites is 1. The molecule has 0 radical (unpaired) electrons. The van der Waals surface area contributed by atoms with Crippen LogP contribution in [0.3, 0.4) is 0 Å². The van der Waals surface area contributed by atoms with Crippen LogP contribution in [0.1, 0.15) is 19.8 Å². The monoisotopic (exact) mass is 259 g/mol. The summed E-state index contributed by atoms with van der Waals surface area (Å²) in [7, 11) is 0. The topological polar surface area (TPSA) is 12.0 Å². The van der Waals surface area contributed by atoms with Gasteiger partial charge in [-0.05, 0) is 30.7 Å². The third kappa shape index (κ3) is 2.64. The lowest BCUT2D eigenvalue weighted by Crippen LogP contribution is -2.33. The predicted octanol–water partition coefficient (Wildman–Crippen LogP) is 4.18. The highest BCUT2D eigenvalue weighted by atomic mass is 35.5. The molecule has 0 saturated carbocycles.